The number of amides is 1. The molecule has 0 atom stereocenters. The Kier molecular flexibility index (Phi) is 3.75. The Morgan fingerprint density at radius 1 is 1.30 bits per heavy atom. The summed E-state index contributed by atoms with van der Waals surface area (Å²) in [5.41, 5.74) is 10.8. The molecule has 122 valence electrons. The lowest BCUT2D eigenvalue weighted by Gasteiger charge is -2.13. The molecule has 4 N–H and O–H groups in total. The zero-order valence-electron chi connectivity index (χ0n) is 13.2. The van der Waals surface area contributed by atoms with Crippen LogP contribution in [-0.2, 0) is 10.2 Å². The van der Waals surface area contributed by atoms with Crippen LogP contribution in [-0.4, -0.2) is 26.0 Å². The van der Waals surface area contributed by atoms with Crippen LogP contribution in [0.1, 0.15) is 57.2 Å². The first-order valence-electron chi connectivity index (χ1n) is 7.66. The summed E-state index contributed by atoms with van der Waals surface area (Å²) in [6.45, 7) is 3.24. The number of nitrogen functional groups attached to an aromatic ring is 1. The second-order valence-electron chi connectivity index (χ2n) is 6.42. The maximum absolute atomic E-state index is 11.5. The quantitative estimate of drug-likeness (QED) is 0.873. The van der Waals surface area contributed by atoms with Crippen LogP contribution in [0.5, 0.6) is 0 Å². The highest BCUT2D eigenvalue weighted by Gasteiger charge is 2.34. The smallest absolute Gasteiger partial charge is 0.242 e. The Bertz CT molecular complexity index is 733. The van der Waals surface area contributed by atoms with E-state index in [0.29, 0.717) is 17.3 Å². The van der Waals surface area contributed by atoms with Gasteiger partial charge in [-0.1, -0.05) is 18.0 Å². The van der Waals surface area contributed by atoms with Gasteiger partial charge in [0.25, 0.3) is 0 Å². The van der Waals surface area contributed by atoms with Crippen LogP contribution < -0.4 is 11.5 Å². The number of nitrogens with zero attached hydrogens (tertiary/aromatic N) is 4. The molecule has 0 unspecified atom stereocenters. The Hall–Kier alpha value is -2.51. The van der Waals surface area contributed by atoms with Gasteiger partial charge in [0.05, 0.1) is 5.56 Å². The van der Waals surface area contributed by atoms with E-state index in [4.69, 9.17) is 16.0 Å². The molecular weight excluding hydrogens is 296 g/mol. The van der Waals surface area contributed by atoms with E-state index in [1.165, 1.54) is 12.8 Å². The van der Waals surface area contributed by atoms with Gasteiger partial charge in [0, 0.05) is 12.1 Å². The average molecular weight is 316 g/mol. The van der Waals surface area contributed by atoms with Crippen molar-refractivity contribution in [1.29, 1.82) is 0 Å². The molecule has 1 aliphatic carbocycles. The molecule has 1 fully saturated rings. The third-order valence-electron chi connectivity index (χ3n) is 4.37. The van der Waals surface area contributed by atoms with E-state index < -0.39 is 11.3 Å². The van der Waals surface area contributed by atoms with Crippen molar-refractivity contribution in [3.8, 4) is 11.4 Å². The number of carbonyl (C=O) groups is 1. The topological polar surface area (TPSA) is 134 Å². The Balaban J connectivity index is 1.90. The molecular formula is C15H20N6O2. The maximum atomic E-state index is 11.5. The van der Waals surface area contributed by atoms with E-state index in [1.807, 2.05) is 0 Å². The van der Waals surface area contributed by atoms with Gasteiger partial charge in [0.15, 0.2) is 0 Å². The van der Waals surface area contributed by atoms with Crippen molar-refractivity contribution in [1.82, 2.24) is 20.1 Å². The minimum Gasteiger partial charge on any atom is -0.383 e. The SMILES string of the molecule is CC(C)(C(N)=O)c1nc(-c2cnc(C3CCCC3)nc2N)no1. The fourth-order valence-electron chi connectivity index (χ4n) is 2.65. The van der Waals surface area contributed by atoms with Gasteiger partial charge < -0.3 is 16.0 Å². The van der Waals surface area contributed by atoms with Gasteiger partial charge in [0.2, 0.25) is 17.6 Å². The average Bonchev–Trinajstić information content (AvgIpc) is 3.19. The predicted octanol–water partition coefficient (Wildman–Crippen LogP) is 1.53. The Labute approximate surface area is 133 Å². The summed E-state index contributed by atoms with van der Waals surface area (Å²) >= 11 is 0. The van der Waals surface area contributed by atoms with Crippen LogP contribution >= 0.6 is 0 Å². The van der Waals surface area contributed by atoms with E-state index in [2.05, 4.69) is 20.1 Å². The van der Waals surface area contributed by atoms with Crippen molar-refractivity contribution < 1.29 is 9.32 Å². The van der Waals surface area contributed by atoms with Crippen LogP contribution in [0.15, 0.2) is 10.7 Å². The maximum Gasteiger partial charge on any atom is 0.242 e. The lowest BCUT2D eigenvalue weighted by atomic mass is 9.93. The van der Waals surface area contributed by atoms with Gasteiger partial charge in [-0.05, 0) is 26.7 Å². The monoisotopic (exact) mass is 316 g/mol. The fraction of sp³-hybridized carbons (Fsp3) is 0.533. The van der Waals surface area contributed by atoms with Crippen LogP contribution in [0.2, 0.25) is 0 Å². The first-order chi connectivity index (χ1) is 10.9. The molecule has 1 saturated carbocycles. The molecule has 0 spiro atoms. The van der Waals surface area contributed by atoms with E-state index >= 15 is 0 Å². The summed E-state index contributed by atoms with van der Waals surface area (Å²) in [5, 5.41) is 3.87. The van der Waals surface area contributed by atoms with E-state index in [9.17, 15) is 4.79 Å². The van der Waals surface area contributed by atoms with Gasteiger partial charge in [-0.25, -0.2) is 9.97 Å². The number of primary amides is 1. The molecule has 2 aromatic heterocycles. The van der Waals surface area contributed by atoms with Crippen LogP contribution in [0.3, 0.4) is 0 Å². The van der Waals surface area contributed by atoms with E-state index in [1.54, 1.807) is 20.0 Å². The molecule has 0 aliphatic heterocycles. The zero-order chi connectivity index (χ0) is 16.6. The minimum absolute atomic E-state index is 0.138. The van der Waals surface area contributed by atoms with E-state index in [0.717, 1.165) is 18.7 Å². The third kappa shape index (κ3) is 2.76. The lowest BCUT2D eigenvalue weighted by molar-refractivity contribution is -0.123. The highest BCUT2D eigenvalue weighted by molar-refractivity contribution is 5.84. The van der Waals surface area contributed by atoms with Crippen molar-refractivity contribution >= 4 is 11.7 Å². The first kappa shape index (κ1) is 15.4. The number of rotatable bonds is 4. The highest BCUT2D eigenvalue weighted by atomic mass is 16.5. The lowest BCUT2D eigenvalue weighted by Crippen LogP contribution is -2.35. The fourth-order valence-corrected chi connectivity index (χ4v) is 2.65. The Morgan fingerprint density at radius 3 is 2.61 bits per heavy atom. The predicted molar refractivity (Wildman–Crippen MR) is 83.2 cm³/mol. The molecule has 0 aromatic carbocycles. The van der Waals surface area contributed by atoms with Crippen molar-refractivity contribution in [2.75, 3.05) is 5.73 Å². The normalized spacial score (nSPS) is 15.9. The van der Waals surface area contributed by atoms with Gasteiger partial charge in [0.1, 0.15) is 17.1 Å². The van der Waals surface area contributed by atoms with Crippen molar-refractivity contribution in [3.63, 3.8) is 0 Å². The zero-order valence-corrected chi connectivity index (χ0v) is 13.2. The van der Waals surface area contributed by atoms with Gasteiger partial charge in [-0.3, -0.25) is 4.79 Å². The molecule has 8 nitrogen and oxygen atoms in total. The molecule has 8 heteroatoms. The van der Waals surface area contributed by atoms with Crippen molar-refractivity contribution in [3.05, 3.63) is 17.9 Å². The standard InChI is InChI=1S/C15H20N6O2/c1-15(2,13(17)22)14-20-12(21-23-14)9-7-18-11(19-10(9)16)8-5-3-4-6-8/h7-8H,3-6H2,1-2H3,(H2,17,22)(H2,16,18,19). The number of carbonyl (C=O) groups excluding carboxylic acids is 1. The first-order valence-corrected chi connectivity index (χ1v) is 7.66. The minimum atomic E-state index is -1.05. The van der Waals surface area contributed by atoms with E-state index in [-0.39, 0.29) is 11.7 Å². The molecule has 0 radical (unpaired) electrons. The third-order valence-corrected chi connectivity index (χ3v) is 4.37. The summed E-state index contributed by atoms with van der Waals surface area (Å²) in [6.07, 6.45) is 6.20. The van der Waals surface area contributed by atoms with Crippen LogP contribution in [0.4, 0.5) is 5.82 Å². The largest absolute Gasteiger partial charge is 0.383 e. The molecule has 1 aliphatic rings. The van der Waals surface area contributed by atoms with Gasteiger partial charge in [-0.15, -0.1) is 0 Å². The number of aromatic nitrogens is 4. The summed E-state index contributed by atoms with van der Waals surface area (Å²) < 4.78 is 5.16. The number of anilines is 1. The Morgan fingerprint density at radius 2 is 2.00 bits per heavy atom. The molecule has 1 amide bonds. The van der Waals surface area contributed by atoms with Gasteiger partial charge >= 0.3 is 0 Å². The molecule has 23 heavy (non-hydrogen) atoms. The second-order valence-corrected chi connectivity index (χ2v) is 6.42. The highest BCUT2D eigenvalue weighted by Crippen LogP contribution is 2.33. The summed E-state index contributed by atoms with van der Waals surface area (Å²) in [6, 6.07) is 0. The molecule has 0 saturated heterocycles. The van der Waals surface area contributed by atoms with Crippen molar-refractivity contribution in [2.45, 2.75) is 50.9 Å². The van der Waals surface area contributed by atoms with Crippen molar-refractivity contribution in [2.24, 2.45) is 5.73 Å². The molecule has 2 heterocycles. The molecule has 3 rings (SSSR count). The summed E-state index contributed by atoms with van der Waals surface area (Å²) in [4.78, 5) is 24.5. The van der Waals surface area contributed by atoms with Crippen LogP contribution in [0.25, 0.3) is 11.4 Å². The number of nitrogens with two attached hydrogens (primary N) is 2. The van der Waals surface area contributed by atoms with Crippen LogP contribution in [0, 0.1) is 0 Å². The van der Waals surface area contributed by atoms with Gasteiger partial charge in [-0.2, -0.15) is 4.98 Å². The second kappa shape index (κ2) is 5.60. The number of hydrogen-bond acceptors (Lipinski definition) is 7. The molecule has 0 bridgehead atoms. The number of hydrogen-bond donors (Lipinski definition) is 2. The summed E-state index contributed by atoms with van der Waals surface area (Å²) in [5.74, 6) is 1.30. The summed E-state index contributed by atoms with van der Waals surface area (Å²) in [7, 11) is 0. The molecule has 2 aromatic rings.